The van der Waals surface area contributed by atoms with E-state index in [0.717, 1.165) is 31.5 Å². The molecule has 6 nitrogen and oxygen atoms in total. The van der Waals surface area contributed by atoms with Gasteiger partial charge in [0.15, 0.2) is 0 Å². The number of hydrogen-bond donors (Lipinski definition) is 1. The van der Waals surface area contributed by atoms with Crippen LogP contribution in [0.2, 0.25) is 0 Å². The molecule has 0 aliphatic carbocycles. The topological polar surface area (TPSA) is 79.2 Å². The van der Waals surface area contributed by atoms with E-state index in [1.54, 1.807) is 17.3 Å². The van der Waals surface area contributed by atoms with Crippen LogP contribution in [0.15, 0.2) is 58.0 Å². The number of imidazole rings is 1. The zero-order valence-corrected chi connectivity index (χ0v) is 17.3. The second kappa shape index (κ2) is 9.11. The Kier molecular flexibility index (Phi) is 6.12. The van der Waals surface area contributed by atoms with Crippen LogP contribution in [0.1, 0.15) is 58.2 Å². The molecule has 0 spiro atoms. The molecule has 1 aromatic carbocycles. The number of likely N-dealkylation sites (tertiary alicyclic amines) is 1. The van der Waals surface area contributed by atoms with Gasteiger partial charge in [-0.15, -0.1) is 0 Å². The summed E-state index contributed by atoms with van der Waals surface area (Å²) in [5, 5.41) is 0. The lowest BCUT2D eigenvalue weighted by molar-refractivity contribution is 0.0699. The predicted octanol–water partition coefficient (Wildman–Crippen LogP) is 3.87. The van der Waals surface area contributed by atoms with Crippen molar-refractivity contribution in [2.45, 2.75) is 44.9 Å². The van der Waals surface area contributed by atoms with Gasteiger partial charge in [0.1, 0.15) is 17.1 Å². The molecule has 0 saturated carbocycles. The van der Waals surface area contributed by atoms with E-state index >= 15 is 0 Å². The summed E-state index contributed by atoms with van der Waals surface area (Å²) in [6.07, 6.45) is 7.87. The van der Waals surface area contributed by atoms with Crippen LogP contribution in [0.3, 0.4) is 0 Å². The van der Waals surface area contributed by atoms with Crippen LogP contribution in [0, 0.1) is 6.92 Å². The maximum absolute atomic E-state index is 13.1. The highest BCUT2D eigenvalue weighted by Crippen LogP contribution is 2.25. The Morgan fingerprint density at radius 3 is 2.83 bits per heavy atom. The average Bonchev–Trinajstić information content (AvgIpc) is 3.29. The lowest BCUT2D eigenvalue weighted by Crippen LogP contribution is -2.41. The number of hydrogen-bond acceptors (Lipinski definition) is 4. The van der Waals surface area contributed by atoms with Gasteiger partial charge < -0.3 is 14.3 Å². The molecule has 3 aromatic rings. The van der Waals surface area contributed by atoms with Crippen molar-refractivity contribution in [2.75, 3.05) is 13.1 Å². The number of carbonyl (C=O) groups is 1. The molecule has 1 unspecified atom stereocenters. The Morgan fingerprint density at radius 2 is 2.10 bits per heavy atom. The van der Waals surface area contributed by atoms with Crippen LogP contribution < -0.4 is 5.63 Å². The van der Waals surface area contributed by atoms with Crippen molar-refractivity contribution in [1.29, 1.82) is 0 Å². The summed E-state index contributed by atoms with van der Waals surface area (Å²) < 4.78 is 5.52. The van der Waals surface area contributed by atoms with Gasteiger partial charge in [-0.25, -0.2) is 9.78 Å². The predicted molar refractivity (Wildman–Crippen MR) is 115 cm³/mol. The number of aromatic nitrogens is 2. The van der Waals surface area contributed by atoms with E-state index in [1.807, 2.05) is 31.2 Å². The first-order valence-corrected chi connectivity index (χ1v) is 10.6. The van der Waals surface area contributed by atoms with Crippen molar-refractivity contribution in [3.05, 3.63) is 87.5 Å². The van der Waals surface area contributed by atoms with Crippen LogP contribution in [-0.4, -0.2) is 33.9 Å². The van der Waals surface area contributed by atoms with Crippen LogP contribution in [0.5, 0.6) is 0 Å². The largest absolute Gasteiger partial charge is 0.427 e. The summed E-state index contributed by atoms with van der Waals surface area (Å²) in [5.41, 5.74) is 1.57. The van der Waals surface area contributed by atoms with Gasteiger partial charge in [0.2, 0.25) is 0 Å². The molecule has 4 rings (SSSR count). The minimum absolute atomic E-state index is 0.155. The SMILES string of the molecule is Cc1cc(CCCc2ccccc2)oc(=O)c1C(=O)N1CCCC(c2ncc[nH]2)C1. The first kappa shape index (κ1) is 20.1. The molecule has 1 saturated heterocycles. The number of amides is 1. The van der Waals surface area contributed by atoms with Crippen molar-refractivity contribution in [3.8, 4) is 0 Å². The third-order valence-corrected chi connectivity index (χ3v) is 5.76. The van der Waals surface area contributed by atoms with Gasteiger partial charge in [-0.05, 0) is 49.8 Å². The molecule has 1 amide bonds. The molecule has 156 valence electrons. The molecule has 0 radical (unpaired) electrons. The summed E-state index contributed by atoms with van der Waals surface area (Å²) in [7, 11) is 0. The Bertz CT molecular complexity index is 1040. The molecular formula is C24H27N3O3. The standard InChI is InChI=1S/C24H27N3O3/c1-17-15-20(11-5-9-18-7-3-2-4-8-18)30-24(29)21(17)23(28)27-14-6-10-19(16-27)22-25-12-13-26-22/h2-4,7-8,12-13,15,19H,5-6,9-11,14,16H2,1H3,(H,25,26). The summed E-state index contributed by atoms with van der Waals surface area (Å²) in [4.78, 5) is 35.0. The van der Waals surface area contributed by atoms with E-state index < -0.39 is 5.63 Å². The normalized spacial score (nSPS) is 16.6. The molecule has 6 heteroatoms. The maximum Gasteiger partial charge on any atom is 0.349 e. The molecule has 30 heavy (non-hydrogen) atoms. The molecule has 1 atom stereocenters. The second-order valence-electron chi connectivity index (χ2n) is 7.96. The third-order valence-electron chi connectivity index (χ3n) is 5.76. The number of aromatic amines is 1. The van der Waals surface area contributed by atoms with Crippen molar-refractivity contribution in [3.63, 3.8) is 0 Å². The van der Waals surface area contributed by atoms with Crippen molar-refractivity contribution in [1.82, 2.24) is 14.9 Å². The van der Waals surface area contributed by atoms with Crippen LogP contribution in [0.25, 0.3) is 0 Å². The van der Waals surface area contributed by atoms with Gasteiger partial charge in [0.25, 0.3) is 5.91 Å². The monoisotopic (exact) mass is 405 g/mol. The van der Waals surface area contributed by atoms with E-state index in [2.05, 4.69) is 22.1 Å². The van der Waals surface area contributed by atoms with Crippen LogP contribution in [-0.2, 0) is 12.8 Å². The summed E-state index contributed by atoms with van der Waals surface area (Å²) in [6.45, 7) is 3.02. The Hall–Kier alpha value is -3.15. The molecular weight excluding hydrogens is 378 g/mol. The maximum atomic E-state index is 13.1. The van der Waals surface area contributed by atoms with Crippen LogP contribution >= 0.6 is 0 Å². The van der Waals surface area contributed by atoms with Gasteiger partial charge >= 0.3 is 5.63 Å². The van der Waals surface area contributed by atoms with E-state index in [1.165, 1.54) is 5.56 Å². The molecule has 1 N–H and O–H groups in total. The fraction of sp³-hybridized carbons (Fsp3) is 0.375. The summed E-state index contributed by atoms with van der Waals surface area (Å²) in [5.74, 6) is 1.46. The lowest BCUT2D eigenvalue weighted by atomic mass is 9.96. The molecule has 1 fully saturated rings. The van der Waals surface area contributed by atoms with Crippen molar-refractivity contribution in [2.24, 2.45) is 0 Å². The smallest absolute Gasteiger partial charge is 0.349 e. The van der Waals surface area contributed by atoms with E-state index in [-0.39, 0.29) is 17.4 Å². The quantitative estimate of drug-likeness (QED) is 0.675. The molecule has 0 bridgehead atoms. The first-order valence-electron chi connectivity index (χ1n) is 10.6. The van der Waals surface area contributed by atoms with Crippen LogP contribution in [0.4, 0.5) is 0 Å². The van der Waals surface area contributed by atoms with E-state index in [9.17, 15) is 9.59 Å². The third kappa shape index (κ3) is 4.53. The number of nitrogens with one attached hydrogen (secondary N) is 1. The van der Waals surface area contributed by atoms with Gasteiger partial charge in [-0.3, -0.25) is 4.79 Å². The minimum atomic E-state index is -0.533. The average molecular weight is 405 g/mol. The number of benzene rings is 1. The molecule has 1 aliphatic rings. The van der Waals surface area contributed by atoms with Gasteiger partial charge in [-0.2, -0.15) is 0 Å². The van der Waals surface area contributed by atoms with Gasteiger partial charge in [0, 0.05) is 37.8 Å². The zero-order chi connectivity index (χ0) is 20.9. The van der Waals surface area contributed by atoms with E-state index in [4.69, 9.17) is 4.42 Å². The Balaban J connectivity index is 1.43. The van der Waals surface area contributed by atoms with Crippen molar-refractivity contribution >= 4 is 5.91 Å². The first-order chi connectivity index (χ1) is 14.6. The number of carbonyl (C=O) groups excluding carboxylic acids is 1. The van der Waals surface area contributed by atoms with Crippen molar-refractivity contribution < 1.29 is 9.21 Å². The van der Waals surface area contributed by atoms with E-state index in [0.29, 0.717) is 30.8 Å². The Labute approximate surface area is 176 Å². The molecule has 3 heterocycles. The lowest BCUT2D eigenvalue weighted by Gasteiger charge is -2.32. The Morgan fingerprint density at radius 1 is 1.27 bits per heavy atom. The zero-order valence-electron chi connectivity index (χ0n) is 17.3. The highest BCUT2D eigenvalue weighted by atomic mass is 16.4. The number of aryl methyl sites for hydroxylation is 3. The summed E-state index contributed by atoms with van der Waals surface area (Å²) >= 11 is 0. The minimum Gasteiger partial charge on any atom is -0.427 e. The number of H-pyrrole nitrogens is 1. The highest BCUT2D eigenvalue weighted by Gasteiger charge is 2.29. The fourth-order valence-electron chi connectivity index (χ4n) is 4.21. The number of rotatable bonds is 6. The second-order valence-corrected chi connectivity index (χ2v) is 7.96. The number of piperidine rings is 1. The molecule has 2 aromatic heterocycles. The molecule has 1 aliphatic heterocycles. The van der Waals surface area contributed by atoms with Gasteiger partial charge in [-0.1, -0.05) is 30.3 Å². The van der Waals surface area contributed by atoms with Gasteiger partial charge in [0.05, 0.1) is 0 Å². The number of nitrogens with zero attached hydrogens (tertiary/aromatic N) is 2. The highest BCUT2D eigenvalue weighted by molar-refractivity contribution is 5.95. The fourth-order valence-corrected chi connectivity index (χ4v) is 4.21. The summed E-state index contributed by atoms with van der Waals surface area (Å²) in [6, 6.07) is 12.1.